The van der Waals surface area contributed by atoms with Crippen LogP contribution in [0.3, 0.4) is 0 Å². The molecule has 16 heavy (non-hydrogen) atoms. The largest absolute Gasteiger partial charge is 0.312 e. The molecule has 0 spiro atoms. The predicted octanol–water partition coefficient (Wildman–Crippen LogP) is 3.66. The van der Waals surface area contributed by atoms with Crippen LogP contribution in [-0.2, 0) is 0 Å². The van der Waals surface area contributed by atoms with E-state index in [1.165, 1.54) is 0 Å². The summed E-state index contributed by atoms with van der Waals surface area (Å²) in [5.74, 6) is -1.53. The van der Waals surface area contributed by atoms with Gasteiger partial charge in [0.1, 0.15) is 0 Å². The molecule has 1 nitrogen and oxygen atoms in total. The molecule has 0 saturated carbocycles. The highest BCUT2D eigenvalue weighted by Gasteiger charge is 2.30. The van der Waals surface area contributed by atoms with Gasteiger partial charge in [0.05, 0.1) is 0 Å². The Balaban J connectivity index is 3.19. The summed E-state index contributed by atoms with van der Waals surface area (Å²) >= 11 is 0. The van der Waals surface area contributed by atoms with Gasteiger partial charge in [0.2, 0.25) is 0 Å². The van der Waals surface area contributed by atoms with E-state index in [9.17, 15) is 8.78 Å². The van der Waals surface area contributed by atoms with Crippen molar-refractivity contribution in [2.75, 3.05) is 7.05 Å². The predicted molar refractivity (Wildman–Crippen MR) is 62.2 cm³/mol. The average molecular weight is 227 g/mol. The maximum Gasteiger partial charge on any atom is 0.163 e. The Morgan fingerprint density at radius 2 is 1.94 bits per heavy atom. The summed E-state index contributed by atoms with van der Waals surface area (Å²) in [4.78, 5) is 0. The van der Waals surface area contributed by atoms with Gasteiger partial charge in [-0.15, -0.1) is 0 Å². The van der Waals surface area contributed by atoms with E-state index in [4.69, 9.17) is 0 Å². The van der Waals surface area contributed by atoms with Crippen LogP contribution in [0.1, 0.15) is 38.8 Å². The molecule has 3 heteroatoms. The first kappa shape index (κ1) is 13.1. The van der Waals surface area contributed by atoms with E-state index in [1.807, 2.05) is 20.8 Å². The molecule has 0 aliphatic rings. The molecule has 0 bridgehead atoms. The smallest absolute Gasteiger partial charge is 0.163 e. The zero-order valence-electron chi connectivity index (χ0n) is 10.3. The van der Waals surface area contributed by atoms with Gasteiger partial charge in [-0.3, -0.25) is 0 Å². The van der Waals surface area contributed by atoms with E-state index < -0.39 is 11.6 Å². The first-order chi connectivity index (χ1) is 7.44. The molecule has 1 N–H and O–H groups in total. The monoisotopic (exact) mass is 227 g/mol. The maximum atomic E-state index is 13.7. The molecule has 1 unspecified atom stereocenters. The van der Waals surface area contributed by atoms with Gasteiger partial charge in [0.15, 0.2) is 11.6 Å². The lowest BCUT2D eigenvalue weighted by Crippen LogP contribution is -2.32. The first-order valence-corrected chi connectivity index (χ1v) is 5.55. The lowest BCUT2D eigenvalue weighted by molar-refractivity contribution is 0.238. The molecule has 0 aliphatic heterocycles. The Bertz CT molecular complexity index is 361. The minimum absolute atomic E-state index is 0.122. The molecule has 0 radical (unpaired) electrons. The Kier molecular flexibility index (Phi) is 4.03. The molecular weight excluding hydrogens is 208 g/mol. The van der Waals surface area contributed by atoms with E-state index in [0.717, 1.165) is 12.5 Å². The second-order valence-corrected chi connectivity index (χ2v) is 4.71. The molecule has 0 aliphatic carbocycles. The molecule has 1 rings (SSSR count). The molecule has 1 aromatic rings. The third-order valence-corrected chi connectivity index (χ3v) is 3.27. The van der Waals surface area contributed by atoms with Crippen molar-refractivity contribution < 1.29 is 8.78 Å². The van der Waals surface area contributed by atoms with Gasteiger partial charge in [0.25, 0.3) is 0 Å². The molecule has 0 fully saturated rings. The minimum atomic E-state index is -0.787. The van der Waals surface area contributed by atoms with Crippen LogP contribution < -0.4 is 5.32 Å². The van der Waals surface area contributed by atoms with Gasteiger partial charge >= 0.3 is 0 Å². The van der Waals surface area contributed by atoms with Crippen molar-refractivity contribution in [3.8, 4) is 0 Å². The second kappa shape index (κ2) is 4.91. The van der Waals surface area contributed by atoms with Crippen LogP contribution in [0.5, 0.6) is 0 Å². The van der Waals surface area contributed by atoms with Crippen molar-refractivity contribution in [2.24, 2.45) is 5.41 Å². The number of hydrogen-bond donors (Lipinski definition) is 1. The Morgan fingerprint density at radius 3 is 2.44 bits per heavy atom. The molecular formula is C13H19F2N. The summed E-state index contributed by atoms with van der Waals surface area (Å²) in [7, 11) is 1.77. The van der Waals surface area contributed by atoms with Crippen LogP contribution in [0.15, 0.2) is 18.2 Å². The quantitative estimate of drug-likeness (QED) is 0.827. The van der Waals surface area contributed by atoms with Crippen LogP contribution in [0.2, 0.25) is 0 Å². The Morgan fingerprint density at radius 1 is 1.31 bits per heavy atom. The fourth-order valence-electron chi connectivity index (χ4n) is 1.91. The van der Waals surface area contributed by atoms with E-state index in [0.29, 0.717) is 5.56 Å². The van der Waals surface area contributed by atoms with Gasteiger partial charge in [0, 0.05) is 11.6 Å². The van der Waals surface area contributed by atoms with Crippen molar-refractivity contribution in [3.05, 3.63) is 35.4 Å². The third kappa shape index (κ3) is 2.40. The van der Waals surface area contributed by atoms with Crippen molar-refractivity contribution in [1.82, 2.24) is 5.32 Å². The Labute approximate surface area is 95.9 Å². The second-order valence-electron chi connectivity index (χ2n) is 4.71. The van der Waals surface area contributed by atoms with Crippen LogP contribution >= 0.6 is 0 Å². The van der Waals surface area contributed by atoms with Crippen molar-refractivity contribution in [1.29, 1.82) is 0 Å². The van der Waals surface area contributed by atoms with Gasteiger partial charge in [-0.05, 0) is 24.9 Å². The van der Waals surface area contributed by atoms with E-state index in [2.05, 4.69) is 5.32 Å². The number of halogens is 2. The number of nitrogens with one attached hydrogen (secondary N) is 1. The van der Waals surface area contributed by atoms with Crippen LogP contribution in [0.25, 0.3) is 0 Å². The maximum absolute atomic E-state index is 13.7. The molecule has 1 aromatic carbocycles. The van der Waals surface area contributed by atoms with Gasteiger partial charge in [-0.25, -0.2) is 8.78 Å². The molecule has 0 aromatic heterocycles. The van der Waals surface area contributed by atoms with Crippen molar-refractivity contribution in [2.45, 2.75) is 33.2 Å². The third-order valence-electron chi connectivity index (χ3n) is 3.27. The number of benzene rings is 1. The Hall–Kier alpha value is -0.960. The molecule has 0 heterocycles. The number of rotatable bonds is 4. The zero-order chi connectivity index (χ0) is 12.3. The average Bonchev–Trinajstić information content (AvgIpc) is 2.25. The van der Waals surface area contributed by atoms with Crippen LogP contribution in [-0.4, -0.2) is 7.05 Å². The van der Waals surface area contributed by atoms with Crippen molar-refractivity contribution >= 4 is 0 Å². The topological polar surface area (TPSA) is 12.0 Å². The zero-order valence-corrected chi connectivity index (χ0v) is 10.3. The fourth-order valence-corrected chi connectivity index (χ4v) is 1.91. The van der Waals surface area contributed by atoms with Crippen LogP contribution in [0.4, 0.5) is 8.78 Å². The highest BCUT2D eigenvalue weighted by atomic mass is 19.2. The molecule has 0 amide bonds. The summed E-state index contributed by atoms with van der Waals surface area (Å²) in [6, 6.07) is 4.14. The molecule has 0 saturated heterocycles. The minimum Gasteiger partial charge on any atom is -0.312 e. The van der Waals surface area contributed by atoms with E-state index in [1.54, 1.807) is 19.2 Å². The highest BCUT2D eigenvalue weighted by molar-refractivity contribution is 5.24. The van der Waals surface area contributed by atoms with Crippen molar-refractivity contribution in [3.63, 3.8) is 0 Å². The lowest BCUT2D eigenvalue weighted by Gasteiger charge is -2.33. The lowest BCUT2D eigenvalue weighted by atomic mass is 9.78. The molecule has 90 valence electrons. The fraction of sp³-hybridized carbons (Fsp3) is 0.538. The summed E-state index contributed by atoms with van der Waals surface area (Å²) in [5.41, 5.74) is 0.276. The normalized spacial score (nSPS) is 13.9. The number of hydrogen-bond acceptors (Lipinski definition) is 1. The summed E-state index contributed by atoms with van der Waals surface area (Å²) in [6.45, 7) is 6.12. The standard InChI is InChI=1S/C13H19F2N/c1-5-13(2,3)12(16-4)9-7-6-8-10(14)11(9)15/h6-8,12,16H,5H2,1-4H3. The highest BCUT2D eigenvalue weighted by Crippen LogP contribution is 2.37. The summed E-state index contributed by atoms with van der Waals surface area (Å²) in [5, 5.41) is 3.07. The first-order valence-electron chi connectivity index (χ1n) is 5.55. The SMILES string of the molecule is CCC(C)(C)C(NC)c1cccc(F)c1F. The van der Waals surface area contributed by atoms with E-state index in [-0.39, 0.29) is 11.5 Å². The van der Waals surface area contributed by atoms with E-state index >= 15 is 0 Å². The summed E-state index contributed by atoms with van der Waals surface area (Å²) < 4.78 is 26.9. The van der Waals surface area contributed by atoms with Crippen LogP contribution in [0, 0.1) is 17.0 Å². The van der Waals surface area contributed by atoms with Gasteiger partial charge in [-0.2, -0.15) is 0 Å². The molecule has 1 atom stereocenters. The summed E-state index contributed by atoms with van der Waals surface area (Å²) in [6.07, 6.45) is 0.883. The van der Waals surface area contributed by atoms with Gasteiger partial charge in [-0.1, -0.05) is 32.9 Å². The van der Waals surface area contributed by atoms with Gasteiger partial charge < -0.3 is 5.32 Å².